The average Bonchev–Trinajstić information content (AvgIpc) is 3.76. The topological polar surface area (TPSA) is 105 Å². The molecule has 256 valence electrons. The van der Waals surface area contributed by atoms with E-state index < -0.39 is 6.10 Å². The van der Waals surface area contributed by atoms with Crippen LogP contribution in [-0.4, -0.2) is 70.1 Å². The first-order valence-electron chi connectivity index (χ1n) is 18.6. The maximum Gasteiger partial charge on any atom is 0.334 e. The molecular formula is C37H66O7. The highest BCUT2D eigenvalue weighted by Crippen LogP contribution is 2.34. The highest BCUT2D eigenvalue weighted by Gasteiger charge is 2.40. The zero-order valence-electron chi connectivity index (χ0n) is 28.1. The molecule has 0 saturated carbocycles. The van der Waals surface area contributed by atoms with Crippen LogP contribution in [0.5, 0.6) is 0 Å². The van der Waals surface area contributed by atoms with Gasteiger partial charge in [-0.05, 0) is 77.2 Å². The van der Waals surface area contributed by atoms with Gasteiger partial charge in [0, 0.05) is 5.57 Å². The van der Waals surface area contributed by atoms with Crippen LogP contribution in [-0.2, 0) is 19.0 Å². The first-order valence-corrected chi connectivity index (χ1v) is 18.6. The van der Waals surface area contributed by atoms with Crippen molar-refractivity contribution in [3.05, 3.63) is 11.6 Å². The molecule has 2 saturated heterocycles. The first kappa shape index (κ1) is 37.5. The smallest absolute Gasteiger partial charge is 0.334 e. The average molecular weight is 623 g/mol. The van der Waals surface area contributed by atoms with Crippen LogP contribution in [0.4, 0.5) is 0 Å². The Labute approximate surface area is 268 Å². The molecule has 0 radical (unpaired) electrons. The number of hydrogen-bond acceptors (Lipinski definition) is 7. The van der Waals surface area contributed by atoms with Crippen molar-refractivity contribution in [3.63, 3.8) is 0 Å². The second-order valence-corrected chi connectivity index (χ2v) is 14.0. The van der Waals surface area contributed by atoms with Gasteiger partial charge in [0.25, 0.3) is 0 Å². The van der Waals surface area contributed by atoms with E-state index in [9.17, 15) is 20.1 Å². The SMILES string of the molecule is CCCCCCCCCC[C@H](O)[C@H]1CC[C@H]([C@H]2CC[C@H]([C@H](O)CCCCCCCC[C@H](O)CCCC3=C[C@H](C)OC3=O)O2)O1. The lowest BCUT2D eigenvalue weighted by Gasteiger charge is -2.24. The minimum atomic E-state index is -0.412. The maximum atomic E-state index is 11.7. The van der Waals surface area contributed by atoms with Gasteiger partial charge in [0.15, 0.2) is 0 Å². The van der Waals surface area contributed by atoms with Gasteiger partial charge in [-0.25, -0.2) is 4.79 Å². The van der Waals surface area contributed by atoms with Gasteiger partial charge in [-0.2, -0.15) is 0 Å². The lowest BCUT2D eigenvalue weighted by atomic mass is 10.00. The third-order valence-electron chi connectivity index (χ3n) is 10.1. The molecule has 8 atom stereocenters. The Hall–Kier alpha value is -0.990. The summed E-state index contributed by atoms with van der Waals surface area (Å²) in [5.74, 6) is -0.201. The second-order valence-electron chi connectivity index (χ2n) is 14.0. The molecular weight excluding hydrogens is 556 g/mol. The van der Waals surface area contributed by atoms with E-state index in [4.69, 9.17) is 14.2 Å². The summed E-state index contributed by atoms with van der Waals surface area (Å²) in [4.78, 5) is 11.7. The molecule has 0 amide bonds. The monoisotopic (exact) mass is 622 g/mol. The van der Waals surface area contributed by atoms with Crippen molar-refractivity contribution in [2.45, 2.75) is 217 Å². The molecule has 0 unspecified atom stereocenters. The number of ether oxygens (including phenoxy) is 3. The van der Waals surface area contributed by atoms with Crippen LogP contribution in [0.25, 0.3) is 0 Å². The van der Waals surface area contributed by atoms with Crippen LogP contribution in [0.3, 0.4) is 0 Å². The van der Waals surface area contributed by atoms with E-state index in [2.05, 4.69) is 6.92 Å². The predicted octanol–water partition coefficient (Wildman–Crippen LogP) is 7.86. The molecule has 2 fully saturated rings. The largest absolute Gasteiger partial charge is 0.455 e. The molecule has 3 aliphatic rings. The van der Waals surface area contributed by atoms with Crippen molar-refractivity contribution in [3.8, 4) is 0 Å². The summed E-state index contributed by atoms with van der Waals surface area (Å²) in [5.41, 5.74) is 0.755. The zero-order valence-corrected chi connectivity index (χ0v) is 28.1. The van der Waals surface area contributed by atoms with Crippen LogP contribution in [0.15, 0.2) is 11.6 Å². The minimum Gasteiger partial charge on any atom is -0.455 e. The Morgan fingerprint density at radius 2 is 1.11 bits per heavy atom. The molecule has 0 aliphatic carbocycles. The predicted molar refractivity (Wildman–Crippen MR) is 175 cm³/mol. The maximum absolute atomic E-state index is 11.7. The van der Waals surface area contributed by atoms with Crippen molar-refractivity contribution in [1.82, 2.24) is 0 Å². The number of esters is 1. The fourth-order valence-electron chi connectivity index (χ4n) is 7.28. The first-order chi connectivity index (χ1) is 21.4. The number of hydrogen-bond donors (Lipinski definition) is 3. The molecule has 44 heavy (non-hydrogen) atoms. The van der Waals surface area contributed by atoms with Crippen molar-refractivity contribution < 1.29 is 34.3 Å². The quantitative estimate of drug-likeness (QED) is 0.0703. The van der Waals surface area contributed by atoms with Crippen LogP contribution in [0, 0.1) is 0 Å². The Bertz CT molecular complexity index is 801. The lowest BCUT2D eigenvalue weighted by Crippen LogP contribution is -2.33. The fourth-order valence-corrected chi connectivity index (χ4v) is 7.28. The zero-order chi connectivity index (χ0) is 31.6. The summed E-state index contributed by atoms with van der Waals surface area (Å²) in [5, 5.41) is 31.7. The molecule has 3 N–H and O–H groups in total. The number of aliphatic hydroxyl groups is 3. The molecule has 7 nitrogen and oxygen atoms in total. The number of cyclic esters (lactones) is 1. The number of aliphatic hydroxyl groups excluding tert-OH is 3. The van der Waals surface area contributed by atoms with E-state index in [1.807, 2.05) is 13.0 Å². The third kappa shape index (κ3) is 14.2. The number of carbonyl (C=O) groups excluding carboxylic acids is 1. The standard InChI is InChI=1S/C37H66O7/c1-3-4-5-6-7-8-12-15-21-31(39)33-23-25-35(43-33)36-26-24-34(44-36)32(40)22-16-13-10-9-11-14-19-30(38)20-17-18-29-27-28(2)42-37(29)41/h27-28,30-36,38-40H,3-26H2,1-2H3/t28-,30-,31-,32+,33+,34+,35+,36+/m0/s1. The van der Waals surface area contributed by atoms with Crippen LogP contribution < -0.4 is 0 Å². The minimum absolute atomic E-state index is 0.0466. The van der Waals surface area contributed by atoms with Gasteiger partial charge in [-0.3, -0.25) is 0 Å². The molecule has 0 spiro atoms. The summed E-state index contributed by atoms with van der Waals surface area (Å²) in [6.07, 6.45) is 25.8. The molecule has 0 aromatic heterocycles. The number of unbranched alkanes of at least 4 members (excludes halogenated alkanes) is 12. The lowest BCUT2D eigenvalue weighted by molar-refractivity contribution is -0.139. The molecule has 3 rings (SSSR count). The van der Waals surface area contributed by atoms with Crippen molar-refractivity contribution in [1.29, 1.82) is 0 Å². The van der Waals surface area contributed by atoms with E-state index in [-0.39, 0.29) is 48.7 Å². The molecule has 0 aromatic rings. The van der Waals surface area contributed by atoms with Crippen LogP contribution in [0.2, 0.25) is 0 Å². The Morgan fingerprint density at radius 3 is 1.59 bits per heavy atom. The molecule has 0 aromatic carbocycles. The van der Waals surface area contributed by atoms with Gasteiger partial charge in [-0.1, -0.05) is 96.8 Å². The second kappa shape index (κ2) is 21.7. The molecule has 3 heterocycles. The van der Waals surface area contributed by atoms with Crippen LogP contribution >= 0.6 is 0 Å². The summed E-state index contributed by atoms with van der Waals surface area (Å²) < 4.78 is 17.7. The van der Waals surface area contributed by atoms with Gasteiger partial charge in [0.05, 0.1) is 42.7 Å². The van der Waals surface area contributed by atoms with Gasteiger partial charge < -0.3 is 29.5 Å². The molecule has 3 aliphatic heterocycles. The van der Waals surface area contributed by atoms with E-state index in [0.29, 0.717) is 6.42 Å². The van der Waals surface area contributed by atoms with E-state index in [0.717, 1.165) is 108 Å². The normalized spacial score (nSPS) is 27.4. The Kier molecular flexibility index (Phi) is 18.5. The van der Waals surface area contributed by atoms with Crippen LogP contribution in [0.1, 0.15) is 168 Å². The number of rotatable bonds is 25. The molecule has 0 bridgehead atoms. The molecule has 7 heteroatoms. The highest BCUT2D eigenvalue weighted by molar-refractivity contribution is 5.90. The summed E-state index contributed by atoms with van der Waals surface area (Å²) in [6, 6.07) is 0. The van der Waals surface area contributed by atoms with E-state index >= 15 is 0 Å². The fraction of sp³-hybridized carbons (Fsp3) is 0.919. The van der Waals surface area contributed by atoms with E-state index in [1.54, 1.807) is 0 Å². The van der Waals surface area contributed by atoms with Gasteiger partial charge >= 0.3 is 5.97 Å². The van der Waals surface area contributed by atoms with Crippen molar-refractivity contribution >= 4 is 5.97 Å². The summed E-state index contributed by atoms with van der Waals surface area (Å²) in [6.45, 7) is 4.12. The van der Waals surface area contributed by atoms with Crippen molar-refractivity contribution in [2.24, 2.45) is 0 Å². The van der Waals surface area contributed by atoms with Crippen molar-refractivity contribution in [2.75, 3.05) is 0 Å². The third-order valence-corrected chi connectivity index (χ3v) is 10.1. The highest BCUT2D eigenvalue weighted by atomic mass is 16.6. The Balaban J connectivity index is 1.13. The van der Waals surface area contributed by atoms with Gasteiger partial charge in [0.2, 0.25) is 0 Å². The summed E-state index contributed by atoms with van der Waals surface area (Å²) in [7, 11) is 0. The Morgan fingerprint density at radius 1 is 0.659 bits per heavy atom. The van der Waals surface area contributed by atoms with E-state index in [1.165, 1.54) is 44.9 Å². The van der Waals surface area contributed by atoms with Gasteiger partial charge in [0.1, 0.15) is 6.10 Å². The van der Waals surface area contributed by atoms with Gasteiger partial charge in [-0.15, -0.1) is 0 Å². The number of carbonyl (C=O) groups is 1. The summed E-state index contributed by atoms with van der Waals surface area (Å²) >= 11 is 0.